The maximum Gasteiger partial charge on any atom is 0.237 e. The van der Waals surface area contributed by atoms with Crippen LogP contribution in [-0.4, -0.2) is 24.6 Å². The van der Waals surface area contributed by atoms with Gasteiger partial charge in [-0.05, 0) is 44.7 Å². The lowest BCUT2D eigenvalue weighted by molar-refractivity contribution is -0.123. The van der Waals surface area contributed by atoms with Crippen molar-refractivity contribution in [1.29, 1.82) is 0 Å². The SMILES string of the molecule is Cl.O=C(NCc1ccccc1OC1CCC1)C1CCCCN1. The summed E-state index contributed by atoms with van der Waals surface area (Å²) in [5.74, 6) is 1.02. The van der Waals surface area contributed by atoms with E-state index >= 15 is 0 Å². The largest absolute Gasteiger partial charge is 0.490 e. The van der Waals surface area contributed by atoms with Gasteiger partial charge in [-0.1, -0.05) is 24.6 Å². The fourth-order valence-electron chi connectivity index (χ4n) is 2.81. The highest BCUT2D eigenvalue weighted by Gasteiger charge is 2.22. The summed E-state index contributed by atoms with van der Waals surface area (Å²) >= 11 is 0. The molecule has 1 saturated carbocycles. The van der Waals surface area contributed by atoms with Crippen LogP contribution in [0.3, 0.4) is 0 Å². The van der Waals surface area contributed by atoms with Crippen LogP contribution < -0.4 is 15.4 Å². The third kappa shape index (κ3) is 4.37. The molecule has 4 nitrogen and oxygen atoms in total. The number of nitrogens with one attached hydrogen (secondary N) is 2. The van der Waals surface area contributed by atoms with Crippen LogP contribution in [0.5, 0.6) is 5.75 Å². The minimum Gasteiger partial charge on any atom is -0.490 e. The first kappa shape index (κ1) is 17.1. The summed E-state index contributed by atoms with van der Waals surface area (Å²) in [6, 6.07) is 7.98. The van der Waals surface area contributed by atoms with Crippen LogP contribution in [0.4, 0.5) is 0 Å². The third-order valence-corrected chi connectivity index (χ3v) is 4.40. The number of hydrogen-bond acceptors (Lipinski definition) is 3. The monoisotopic (exact) mass is 324 g/mol. The van der Waals surface area contributed by atoms with Crippen molar-refractivity contribution in [3.05, 3.63) is 29.8 Å². The lowest BCUT2D eigenvalue weighted by Gasteiger charge is -2.27. The highest BCUT2D eigenvalue weighted by molar-refractivity contribution is 5.85. The van der Waals surface area contributed by atoms with E-state index in [2.05, 4.69) is 10.6 Å². The Hall–Kier alpha value is -1.26. The van der Waals surface area contributed by atoms with Crippen LogP contribution in [0, 0.1) is 0 Å². The van der Waals surface area contributed by atoms with Crippen LogP contribution >= 0.6 is 12.4 Å². The van der Waals surface area contributed by atoms with Crippen molar-refractivity contribution >= 4 is 18.3 Å². The van der Waals surface area contributed by atoms with Gasteiger partial charge in [-0.3, -0.25) is 4.79 Å². The number of rotatable bonds is 5. The topological polar surface area (TPSA) is 50.4 Å². The molecule has 1 aromatic rings. The number of ether oxygens (including phenoxy) is 1. The van der Waals surface area contributed by atoms with Gasteiger partial charge in [0.1, 0.15) is 5.75 Å². The summed E-state index contributed by atoms with van der Waals surface area (Å²) in [7, 11) is 0. The van der Waals surface area contributed by atoms with E-state index in [0.29, 0.717) is 12.6 Å². The molecule has 0 aromatic heterocycles. The molecular weight excluding hydrogens is 300 g/mol. The Kier molecular flexibility index (Phi) is 6.52. The highest BCUT2D eigenvalue weighted by Crippen LogP contribution is 2.27. The van der Waals surface area contributed by atoms with Crippen molar-refractivity contribution in [2.75, 3.05) is 6.54 Å². The van der Waals surface area contributed by atoms with E-state index in [-0.39, 0.29) is 24.4 Å². The summed E-state index contributed by atoms with van der Waals surface area (Å²) in [5.41, 5.74) is 1.06. The van der Waals surface area contributed by atoms with Gasteiger partial charge in [0.15, 0.2) is 0 Å². The van der Waals surface area contributed by atoms with Gasteiger partial charge in [-0.2, -0.15) is 0 Å². The minimum absolute atomic E-state index is 0. The van der Waals surface area contributed by atoms with Crippen LogP contribution in [0.15, 0.2) is 24.3 Å². The van der Waals surface area contributed by atoms with Gasteiger partial charge in [0.25, 0.3) is 0 Å². The molecule has 1 saturated heterocycles. The fourth-order valence-corrected chi connectivity index (χ4v) is 2.81. The van der Waals surface area contributed by atoms with Gasteiger partial charge in [-0.25, -0.2) is 0 Å². The van der Waals surface area contributed by atoms with Crippen molar-refractivity contribution in [2.45, 2.75) is 57.2 Å². The molecule has 0 radical (unpaired) electrons. The molecule has 2 fully saturated rings. The summed E-state index contributed by atoms with van der Waals surface area (Å²) in [6.07, 6.45) is 7.15. The minimum atomic E-state index is -0.0292. The fraction of sp³-hybridized carbons (Fsp3) is 0.588. The molecular formula is C17H25ClN2O2. The molecule has 1 aliphatic carbocycles. The molecule has 1 aliphatic heterocycles. The second kappa shape index (κ2) is 8.39. The molecule has 0 spiro atoms. The molecule has 1 atom stereocenters. The molecule has 1 unspecified atom stereocenters. The summed E-state index contributed by atoms with van der Waals surface area (Å²) in [6.45, 7) is 1.49. The molecule has 5 heteroatoms. The van der Waals surface area contributed by atoms with E-state index in [1.807, 2.05) is 24.3 Å². The quantitative estimate of drug-likeness (QED) is 0.875. The third-order valence-electron chi connectivity index (χ3n) is 4.40. The van der Waals surface area contributed by atoms with Crippen LogP contribution in [0.1, 0.15) is 44.1 Å². The summed E-state index contributed by atoms with van der Waals surface area (Å²) in [5, 5.41) is 6.31. The van der Waals surface area contributed by atoms with E-state index in [9.17, 15) is 4.79 Å². The van der Waals surface area contributed by atoms with Crippen LogP contribution in [0.2, 0.25) is 0 Å². The average molecular weight is 325 g/mol. The number of para-hydroxylation sites is 1. The van der Waals surface area contributed by atoms with Gasteiger partial charge < -0.3 is 15.4 Å². The van der Waals surface area contributed by atoms with E-state index in [1.54, 1.807) is 0 Å². The molecule has 3 rings (SSSR count). The maximum atomic E-state index is 12.2. The Balaban J connectivity index is 0.00000176. The van der Waals surface area contributed by atoms with E-state index in [4.69, 9.17) is 4.74 Å². The molecule has 1 aromatic carbocycles. The maximum absolute atomic E-state index is 12.2. The van der Waals surface area contributed by atoms with Gasteiger partial charge in [0.2, 0.25) is 5.91 Å². The molecule has 22 heavy (non-hydrogen) atoms. The number of halogens is 1. The highest BCUT2D eigenvalue weighted by atomic mass is 35.5. The van der Waals surface area contributed by atoms with Crippen molar-refractivity contribution < 1.29 is 9.53 Å². The molecule has 122 valence electrons. The average Bonchev–Trinajstić information content (AvgIpc) is 2.50. The number of carbonyl (C=O) groups is 1. The second-order valence-electron chi connectivity index (χ2n) is 6.00. The van der Waals surface area contributed by atoms with Crippen molar-refractivity contribution in [3.63, 3.8) is 0 Å². The first-order valence-electron chi connectivity index (χ1n) is 8.08. The molecule has 1 amide bonds. The number of hydrogen-bond donors (Lipinski definition) is 2. The van der Waals surface area contributed by atoms with E-state index in [0.717, 1.165) is 43.5 Å². The Morgan fingerprint density at radius 3 is 2.68 bits per heavy atom. The number of carbonyl (C=O) groups excluding carboxylic acids is 1. The number of benzene rings is 1. The van der Waals surface area contributed by atoms with Crippen LogP contribution in [0.25, 0.3) is 0 Å². The van der Waals surface area contributed by atoms with Crippen molar-refractivity contribution in [3.8, 4) is 5.75 Å². The summed E-state index contributed by atoms with van der Waals surface area (Å²) in [4.78, 5) is 12.2. The number of amides is 1. The lowest BCUT2D eigenvalue weighted by atomic mass is 9.96. The van der Waals surface area contributed by atoms with Crippen LogP contribution in [-0.2, 0) is 11.3 Å². The smallest absolute Gasteiger partial charge is 0.237 e. The van der Waals surface area contributed by atoms with Gasteiger partial charge in [0.05, 0.1) is 12.1 Å². The Morgan fingerprint density at radius 1 is 1.18 bits per heavy atom. The predicted octanol–water partition coefficient (Wildman–Crippen LogP) is 2.80. The number of piperidine rings is 1. The molecule has 2 N–H and O–H groups in total. The Morgan fingerprint density at radius 2 is 2.00 bits per heavy atom. The first-order chi connectivity index (χ1) is 10.3. The van der Waals surface area contributed by atoms with Crippen molar-refractivity contribution in [1.82, 2.24) is 10.6 Å². The van der Waals surface area contributed by atoms with Gasteiger partial charge in [0, 0.05) is 12.1 Å². The Bertz CT molecular complexity index is 485. The van der Waals surface area contributed by atoms with Crippen molar-refractivity contribution in [2.24, 2.45) is 0 Å². The predicted molar refractivity (Wildman–Crippen MR) is 89.4 cm³/mol. The normalized spacial score (nSPS) is 21.4. The first-order valence-corrected chi connectivity index (χ1v) is 8.08. The molecule has 2 aliphatic rings. The molecule has 1 heterocycles. The Labute approximate surface area is 138 Å². The van der Waals surface area contributed by atoms with E-state index in [1.165, 1.54) is 12.8 Å². The zero-order chi connectivity index (χ0) is 14.5. The summed E-state index contributed by atoms with van der Waals surface area (Å²) < 4.78 is 5.99. The zero-order valence-electron chi connectivity index (χ0n) is 12.8. The zero-order valence-corrected chi connectivity index (χ0v) is 13.7. The standard InChI is InChI=1S/C17H24N2O2.ClH/c20-17(15-9-3-4-11-18-15)19-12-13-6-1-2-10-16(13)21-14-7-5-8-14;/h1-2,6,10,14-15,18H,3-5,7-9,11-12H2,(H,19,20);1H. The van der Waals surface area contributed by atoms with Gasteiger partial charge >= 0.3 is 0 Å². The molecule has 0 bridgehead atoms. The van der Waals surface area contributed by atoms with E-state index < -0.39 is 0 Å². The lowest BCUT2D eigenvalue weighted by Crippen LogP contribution is -2.46. The second-order valence-corrected chi connectivity index (χ2v) is 6.00. The van der Waals surface area contributed by atoms with Gasteiger partial charge in [-0.15, -0.1) is 12.4 Å².